The Bertz CT molecular complexity index is 1390. The molecule has 0 aliphatic heterocycles. The van der Waals surface area contributed by atoms with Gasteiger partial charge in [-0.2, -0.15) is 0 Å². The van der Waals surface area contributed by atoms with E-state index in [1.165, 1.54) is 55.9 Å². The third-order valence-electron chi connectivity index (χ3n) is 7.21. The monoisotopic (exact) mass is 445 g/mol. The van der Waals surface area contributed by atoms with Gasteiger partial charge >= 0.3 is 0 Å². The van der Waals surface area contributed by atoms with Crippen molar-refractivity contribution in [2.75, 3.05) is 33.1 Å². The maximum absolute atomic E-state index is 2.38. The number of allylic oxidation sites excluding steroid dienone is 5. The molecule has 2 aliphatic rings. The summed E-state index contributed by atoms with van der Waals surface area (Å²) in [6.45, 7) is 4.73. The predicted octanol–water partition coefficient (Wildman–Crippen LogP) is 6.72. The van der Waals surface area contributed by atoms with E-state index in [2.05, 4.69) is 143 Å². The molecule has 0 saturated heterocycles. The quantitative estimate of drug-likeness (QED) is 0.406. The van der Waals surface area contributed by atoms with E-state index >= 15 is 0 Å². The first-order chi connectivity index (χ1) is 16.3. The van der Waals surface area contributed by atoms with E-state index in [1.54, 1.807) is 0 Å². The second-order valence-corrected chi connectivity index (χ2v) is 10.2. The maximum Gasteiger partial charge on any atom is 0.199 e. The molecule has 2 aliphatic carbocycles. The van der Waals surface area contributed by atoms with Crippen LogP contribution in [0, 0.1) is 0 Å². The summed E-state index contributed by atoms with van der Waals surface area (Å²) in [6, 6.07) is 26.5. The lowest BCUT2D eigenvalue weighted by Crippen LogP contribution is -2.30. The van der Waals surface area contributed by atoms with Gasteiger partial charge in [0.25, 0.3) is 0 Å². The van der Waals surface area contributed by atoms with Crippen molar-refractivity contribution >= 4 is 17.0 Å². The average Bonchev–Trinajstić information content (AvgIpc) is 2.84. The summed E-state index contributed by atoms with van der Waals surface area (Å²) in [4.78, 5) is 2.19. The van der Waals surface area contributed by atoms with Gasteiger partial charge in [-0.15, -0.1) is 0 Å². The fraction of sp³-hybridized carbons (Fsp3) is 0.219. The molecule has 0 saturated carbocycles. The van der Waals surface area contributed by atoms with Gasteiger partial charge < -0.3 is 4.90 Å². The number of nitrogens with zero attached hydrogens (tertiary/aromatic N) is 2. The van der Waals surface area contributed by atoms with E-state index in [4.69, 9.17) is 0 Å². The van der Waals surface area contributed by atoms with Gasteiger partial charge in [-0.3, -0.25) is 0 Å². The van der Waals surface area contributed by atoms with Crippen molar-refractivity contribution in [3.63, 3.8) is 0 Å². The molecule has 0 radical (unpaired) electrons. The summed E-state index contributed by atoms with van der Waals surface area (Å²) in [7, 11) is 8.46. The minimum absolute atomic E-state index is 0.117. The van der Waals surface area contributed by atoms with Gasteiger partial charge in [0, 0.05) is 37.3 Å². The third kappa shape index (κ3) is 3.54. The topological polar surface area (TPSA) is 6.25 Å². The lowest BCUT2D eigenvalue weighted by atomic mass is 9.64. The molecule has 0 amide bonds. The Labute approximate surface area is 203 Å². The Morgan fingerprint density at radius 1 is 0.735 bits per heavy atom. The molecular formula is C32H33N2+. The van der Waals surface area contributed by atoms with Crippen molar-refractivity contribution in [1.29, 1.82) is 0 Å². The second-order valence-electron chi connectivity index (χ2n) is 10.2. The molecule has 3 aromatic rings. The van der Waals surface area contributed by atoms with Crippen LogP contribution in [0.3, 0.4) is 0 Å². The Hall–Kier alpha value is -3.65. The van der Waals surface area contributed by atoms with E-state index in [0.717, 1.165) is 0 Å². The first-order valence-corrected chi connectivity index (χ1v) is 12.0. The first kappa shape index (κ1) is 22.2. The number of hydrogen-bond acceptors (Lipinski definition) is 1. The van der Waals surface area contributed by atoms with Gasteiger partial charge in [0.1, 0.15) is 14.1 Å². The Morgan fingerprint density at radius 3 is 2.09 bits per heavy atom. The number of rotatable bonds is 3. The Balaban J connectivity index is 1.87. The molecule has 0 bridgehead atoms. The number of hydrogen-bond donors (Lipinski definition) is 0. The molecule has 0 N–H and O–H groups in total. The molecule has 0 aromatic heterocycles. The molecule has 170 valence electrons. The molecule has 0 spiro atoms. The van der Waals surface area contributed by atoms with Crippen molar-refractivity contribution < 1.29 is 4.58 Å². The highest BCUT2D eigenvalue weighted by Gasteiger charge is 2.39. The molecule has 0 fully saturated rings. The fourth-order valence-corrected chi connectivity index (χ4v) is 5.24. The standard InChI is InChI=1S/C32H33N2/c1-32(2)29-20-23(33(3)4)16-18-27(29)31(28-19-17-24(34(5)6)21-30(28)32)26-15-11-10-14-25(26)22-12-8-7-9-13-22/h7-21H,1-6H3/q+1. The largest absolute Gasteiger partial charge is 0.378 e. The van der Waals surface area contributed by atoms with Gasteiger partial charge in [-0.1, -0.05) is 74.5 Å². The summed E-state index contributed by atoms with van der Waals surface area (Å²) < 4.78 is 2.19. The highest BCUT2D eigenvalue weighted by atomic mass is 15.1. The van der Waals surface area contributed by atoms with Gasteiger partial charge in [-0.25, -0.2) is 4.58 Å². The van der Waals surface area contributed by atoms with Gasteiger partial charge in [0.15, 0.2) is 5.71 Å². The highest BCUT2D eigenvalue weighted by Crippen LogP contribution is 2.51. The van der Waals surface area contributed by atoms with Crippen LogP contribution in [0.1, 0.15) is 30.5 Å². The van der Waals surface area contributed by atoms with E-state index in [0.29, 0.717) is 0 Å². The molecule has 5 rings (SSSR count). The third-order valence-corrected chi connectivity index (χ3v) is 7.21. The summed E-state index contributed by atoms with van der Waals surface area (Å²) in [5.41, 5.74) is 12.9. The minimum atomic E-state index is -0.117. The van der Waals surface area contributed by atoms with Crippen LogP contribution >= 0.6 is 0 Å². The zero-order valence-corrected chi connectivity index (χ0v) is 21.1. The van der Waals surface area contributed by atoms with Crippen molar-refractivity contribution in [3.05, 3.63) is 119 Å². The first-order valence-electron chi connectivity index (χ1n) is 12.0. The zero-order valence-electron chi connectivity index (χ0n) is 21.1. The van der Waals surface area contributed by atoms with Gasteiger partial charge in [0.05, 0.1) is 0 Å². The second kappa shape index (κ2) is 8.29. The van der Waals surface area contributed by atoms with Crippen LogP contribution in [0.15, 0.2) is 102 Å². The Morgan fingerprint density at radius 2 is 1.41 bits per heavy atom. The van der Waals surface area contributed by atoms with Crippen molar-refractivity contribution in [2.24, 2.45) is 0 Å². The van der Waals surface area contributed by atoms with Gasteiger partial charge in [0.2, 0.25) is 0 Å². The normalized spacial score (nSPS) is 16.1. The Kier molecular flexibility index (Phi) is 5.40. The SMILES string of the molecule is CN(C)c1ccc2c(c1)C(C)(C)C1=CC(=[N+](C)C)C=CC1=C2c1ccccc1-c1ccccc1. The number of anilines is 1. The van der Waals surface area contributed by atoms with Crippen LogP contribution in [-0.4, -0.2) is 38.5 Å². The average molecular weight is 446 g/mol. The van der Waals surface area contributed by atoms with E-state index in [1.807, 2.05) is 0 Å². The summed E-state index contributed by atoms with van der Waals surface area (Å²) in [6.07, 6.45) is 6.96. The van der Waals surface area contributed by atoms with E-state index < -0.39 is 0 Å². The van der Waals surface area contributed by atoms with Crippen LogP contribution in [0.5, 0.6) is 0 Å². The number of fused-ring (bicyclic) bond motifs is 2. The minimum Gasteiger partial charge on any atom is -0.378 e. The molecule has 2 heteroatoms. The molecule has 0 heterocycles. The summed E-state index contributed by atoms with van der Waals surface area (Å²) in [5.74, 6) is 0. The molecule has 0 atom stereocenters. The predicted molar refractivity (Wildman–Crippen MR) is 146 cm³/mol. The number of benzene rings is 3. The molecule has 3 aromatic carbocycles. The molecule has 0 unspecified atom stereocenters. The van der Waals surface area contributed by atoms with E-state index in [9.17, 15) is 0 Å². The summed E-state index contributed by atoms with van der Waals surface area (Å²) in [5, 5.41) is 0. The van der Waals surface area contributed by atoms with Crippen LogP contribution in [0.2, 0.25) is 0 Å². The molecular weight excluding hydrogens is 412 g/mol. The molecule has 2 nitrogen and oxygen atoms in total. The smallest absolute Gasteiger partial charge is 0.199 e. The lowest BCUT2D eigenvalue weighted by Gasteiger charge is -2.39. The van der Waals surface area contributed by atoms with Crippen molar-refractivity contribution in [2.45, 2.75) is 19.3 Å². The zero-order chi connectivity index (χ0) is 24.0. The van der Waals surface area contributed by atoms with Crippen LogP contribution in [0.25, 0.3) is 16.7 Å². The van der Waals surface area contributed by atoms with Crippen molar-refractivity contribution in [1.82, 2.24) is 0 Å². The van der Waals surface area contributed by atoms with Crippen LogP contribution in [0.4, 0.5) is 5.69 Å². The van der Waals surface area contributed by atoms with Crippen LogP contribution < -0.4 is 4.90 Å². The summed E-state index contributed by atoms with van der Waals surface area (Å²) >= 11 is 0. The fourth-order valence-electron chi connectivity index (χ4n) is 5.24. The lowest BCUT2D eigenvalue weighted by molar-refractivity contribution is -0.462. The van der Waals surface area contributed by atoms with Crippen molar-refractivity contribution in [3.8, 4) is 11.1 Å². The van der Waals surface area contributed by atoms with Crippen LogP contribution in [-0.2, 0) is 5.41 Å². The maximum atomic E-state index is 2.38. The molecule has 34 heavy (non-hydrogen) atoms. The van der Waals surface area contributed by atoms with Gasteiger partial charge in [-0.05, 0) is 62.7 Å². The van der Waals surface area contributed by atoms with E-state index in [-0.39, 0.29) is 5.41 Å². The highest BCUT2D eigenvalue weighted by molar-refractivity contribution is 6.07.